The van der Waals surface area contributed by atoms with E-state index >= 15 is 0 Å². The second-order valence-corrected chi connectivity index (χ2v) is 9.06. The van der Waals surface area contributed by atoms with Gasteiger partial charge in [0.05, 0.1) is 25.8 Å². The maximum atomic E-state index is 13.9. The molecule has 1 aliphatic heterocycles. The molecule has 0 aliphatic carbocycles. The Morgan fingerprint density at radius 1 is 1.09 bits per heavy atom. The van der Waals surface area contributed by atoms with Crippen LogP contribution in [0.2, 0.25) is 0 Å². The third-order valence-electron chi connectivity index (χ3n) is 6.84. The van der Waals surface area contributed by atoms with Crippen molar-refractivity contribution < 1.29 is 14.3 Å². The predicted molar refractivity (Wildman–Crippen MR) is 146 cm³/mol. The normalized spacial score (nSPS) is 16.6. The van der Waals surface area contributed by atoms with E-state index in [2.05, 4.69) is 43.4 Å². The fourth-order valence-electron chi connectivity index (χ4n) is 4.57. The van der Waals surface area contributed by atoms with Gasteiger partial charge in [-0.25, -0.2) is 0 Å². The fraction of sp³-hybridized carbons (Fsp3) is 0.429. The number of carbonyl (C=O) groups excluding carboxylic acids is 1. The van der Waals surface area contributed by atoms with Gasteiger partial charge in [0.1, 0.15) is 0 Å². The Kier molecular flexibility index (Phi) is 8.78. The van der Waals surface area contributed by atoms with Crippen molar-refractivity contribution in [3.8, 4) is 11.5 Å². The molecule has 0 aromatic heterocycles. The van der Waals surface area contributed by atoms with Crippen molar-refractivity contribution in [3.05, 3.63) is 64.9 Å². The van der Waals surface area contributed by atoms with Crippen LogP contribution in [0.3, 0.4) is 0 Å². The van der Waals surface area contributed by atoms with Crippen molar-refractivity contribution in [1.82, 2.24) is 10.2 Å². The molecule has 35 heavy (non-hydrogen) atoms. The number of hydrogen-bond acceptors (Lipinski definition) is 4. The van der Waals surface area contributed by atoms with Crippen LogP contribution in [0.1, 0.15) is 64.1 Å². The van der Waals surface area contributed by atoms with Crippen molar-refractivity contribution in [2.45, 2.75) is 53.0 Å². The van der Waals surface area contributed by atoms with Crippen molar-refractivity contribution in [3.63, 3.8) is 0 Å². The van der Waals surface area contributed by atoms with Gasteiger partial charge in [-0.3, -0.25) is 9.69 Å². The zero-order chi connectivity index (χ0) is 25.7. The number of methoxy groups -OCH3 is 2. The number of nitrogens with one attached hydrogen (secondary N) is 1. The first-order valence-electron chi connectivity index (χ1n) is 12.2. The maximum Gasteiger partial charge on any atom is 0.253 e. The zero-order valence-electron chi connectivity index (χ0n) is 21.8. The van der Waals surface area contributed by atoms with Gasteiger partial charge in [-0.1, -0.05) is 38.1 Å². The van der Waals surface area contributed by atoms with Crippen LogP contribution in [-0.4, -0.2) is 43.2 Å². The van der Waals surface area contributed by atoms with Crippen molar-refractivity contribution >= 4 is 28.9 Å². The molecule has 0 fully saturated rings. The Balaban J connectivity index is 2.19. The third kappa shape index (κ3) is 5.15. The number of hydrogen-bond donors (Lipinski definition) is 1. The number of amides is 1. The molecule has 2 aromatic carbocycles. The van der Waals surface area contributed by atoms with E-state index in [1.165, 1.54) is 5.56 Å². The van der Waals surface area contributed by atoms with Crippen molar-refractivity contribution in [1.29, 1.82) is 0 Å². The van der Waals surface area contributed by atoms with Gasteiger partial charge in [-0.15, -0.1) is 0 Å². The molecule has 3 rings (SSSR count). The molecule has 0 saturated heterocycles. The molecule has 2 atom stereocenters. The van der Waals surface area contributed by atoms with Crippen molar-refractivity contribution in [2.75, 3.05) is 32.2 Å². The van der Waals surface area contributed by atoms with Gasteiger partial charge in [0.2, 0.25) is 0 Å². The second kappa shape index (κ2) is 11.6. The maximum absolute atomic E-state index is 13.9. The summed E-state index contributed by atoms with van der Waals surface area (Å²) in [7, 11) is 3.21. The lowest BCUT2D eigenvalue weighted by molar-refractivity contribution is -0.127. The fourth-order valence-corrected chi connectivity index (χ4v) is 4.93. The topological polar surface area (TPSA) is 54.0 Å². The van der Waals surface area contributed by atoms with E-state index in [-0.39, 0.29) is 5.91 Å². The molecular formula is C28H37N3O3S. The van der Waals surface area contributed by atoms with E-state index in [0.29, 0.717) is 41.2 Å². The van der Waals surface area contributed by atoms with E-state index < -0.39 is 6.04 Å². The molecule has 1 aliphatic rings. The molecule has 1 N–H and O–H groups in total. The van der Waals surface area contributed by atoms with Crippen LogP contribution in [0.4, 0.5) is 5.69 Å². The summed E-state index contributed by atoms with van der Waals surface area (Å²) in [6.45, 7) is 11.6. The van der Waals surface area contributed by atoms with E-state index in [9.17, 15) is 4.79 Å². The van der Waals surface area contributed by atoms with Gasteiger partial charge in [0.15, 0.2) is 16.6 Å². The number of thiocarbonyl (C=S) groups is 1. The van der Waals surface area contributed by atoms with Crippen molar-refractivity contribution in [2.24, 2.45) is 0 Å². The largest absolute Gasteiger partial charge is 0.493 e. The van der Waals surface area contributed by atoms with Gasteiger partial charge in [-0.2, -0.15) is 0 Å². The van der Waals surface area contributed by atoms with Gasteiger partial charge in [0.25, 0.3) is 5.91 Å². The second-order valence-electron chi connectivity index (χ2n) is 8.68. The van der Waals surface area contributed by atoms with Crippen LogP contribution in [0.15, 0.2) is 53.7 Å². The minimum absolute atomic E-state index is 0.0291. The predicted octanol–water partition coefficient (Wildman–Crippen LogP) is 5.80. The molecule has 0 unspecified atom stereocenters. The molecule has 2 aromatic rings. The van der Waals surface area contributed by atoms with E-state index in [4.69, 9.17) is 21.7 Å². The first-order valence-corrected chi connectivity index (χ1v) is 12.6. The number of nitrogens with zero attached hydrogens (tertiary/aromatic N) is 2. The highest BCUT2D eigenvalue weighted by Crippen LogP contribution is 2.41. The lowest BCUT2D eigenvalue weighted by Crippen LogP contribution is -2.50. The van der Waals surface area contributed by atoms with Crippen LogP contribution in [0, 0.1) is 0 Å². The number of anilines is 1. The minimum atomic E-state index is -0.476. The molecule has 0 spiro atoms. The lowest BCUT2D eigenvalue weighted by Gasteiger charge is -2.39. The number of benzene rings is 2. The minimum Gasteiger partial charge on any atom is -0.493 e. The molecule has 6 nitrogen and oxygen atoms in total. The van der Waals surface area contributed by atoms with Crippen LogP contribution in [-0.2, 0) is 4.79 Å². The Morgan fingerprint density at radius 2 is 1.74 bits per heavy atom. The Hall–Kier alpha value is -3.06. The molecule has 0 bridgehead atoms. The number of ether oxygens (including phenoxy) is 2. The summed E-state index contributed by atoms with van der Waals surface area (Å²) >= 11 is 5.86. The summed E-state index contributed by atoms with van der Waals surface area (Å²) < 4.78 is 11.3. The van der Waals surface area contributed by atoms with Gasteiger partial charge in [-0.05, 0) is 69.1 Å². The quantitative estimate of drug-likeness (QED) is 0.444. The standard InChI is InChI=1S/C28H37N3O3S/c1-8-18(4)20-14-16-21(17-15-20)31-19(5)24(27(32)30(9-2)10-3)25(29-28(31)35)22-12-11-13-23(33-6)26(22)34-7/h11-18,25H,8-10H2,1-7H3,(H,29,35)/t18-,25+/m1/s1. The van der Waals surface area contributed by atoms with Crippen LogP contribution >= 0.6 is 12.2 Å². The molecular weight excluding hydrogens is 458 g/mol. The van der Waals surface area contributed by atoms with Crippen LogP contribution < -0.4 is 19.7 Å². The monoisotopic (exact) mass is 495 g/mol. The highest BCUT2D eigenvalue weighted by Gasteiger charge is 2.37. The molecule has 1 amide bonds. The molecule has 0 saturated carbocycles. The Bertz CT molecular complexity index is 1090. The molecule has 0 radical (unpaired) electrons. The van der Waals surface area contributed by atoms with Gasteiger partial charge >= 0.3 is 0 Å². The summed E-state index contributed by atoms with van der Waals surface area (Å²) in [5.74, 6) is 1.64. The summed E-state index contributed by atoms with van der Waals surface area (Å²) in [6, 6.07) is 13.6. The molecule has 7 heteroatoms. The molecule has 1 heterocycles. The van der Waals surface area contributed by atoms with E-state index in [1.807, 2.05) is 48.8 Å². The van der Waals surface area contributed by atoms with Crippen LogP contribution in [0.25, 0.3) is 0 Å². The number of rotatable bonds is 9. The van der Waals surface area contributed by atoms with E-state index in [1.54, 1.807) is 14.2 Å². The lowest BCUT2D eigenvalue weighted by atomic mass is 9.92. The zero-order valence-corrected chi connectivity index (χ0v) is 22.7. The highest BCUT2D eigenvalue weighted by molar-refractivity contribution is 7.80. The summed E-state index contributed by atoms with van der Waals surface area (Å²) in [4.78, 5) is 17.6. The summed E-state index contributed by atoms with van der Waals surface area (Å²) in [5.41, 5.74) is 4.45. The first kappa shape index (κ1) is 26.5. The van der Waals surface area contributed by atoms with Gasteiger partial charge < -0.3 is 19.7 Å². The first-order chi connectivity index (χ1) is 16.8. The average Bonchev–Trinajstić information content (AvgIpc) is 2.88. The van der Waals surface area contributed by atoms with Crippen LogP contribution in [0.5, 0.6) is 11.5 Å². The van der Waals surface area contributed by atoms with E-state index in [0.717, 1.165) is 23.4 Å². The number of carbonyl (C=O) groups is 1. The SMILES string of the molecule is CC[C@@H](C)c1ccc(N2C(=S)N[C@@H](c3cccc(OC)c3OC)C(C(=O)N(CC)CC)=C2C)cc1. The summed E-state index contributed by atoms with van der Waals surface area (Å²) in [5, 5.41) is 3.97. The number of para-hydroxylation sites is 1. The number of allylic oxidation sites excluding steroid dienone is 1. The van der Waals surface area contributed by atoms with Gasteiger partial charge in [0, 0.05) is 30.0 Å². The summed E-state index contributed by atoms with van der Waals surface area (Å²) in [6.07, 6.45) is 1.08. The smallest absolute Gasteiger partial charge is 0.253 e. The average molecular weight is 496 g/mol. The Morgan fingerprint density at radius 3 is 2.29 bits per heavy atom. The molecule has 188 valence electrons. The third-order valence-corrected chi connectivity index (χ3v) is 7.14. The highest BCUT2D eigenvalue weighted by atomic mass is 32.1. The number of likely N-dealkylation sites (N-methyl/N-ethyl adjacent to an activating group) is 1. The Labute approximate surface area is 214 Å².